The molecule has 0 aliphatic heterocycles. The summed E-state index contributed by atoms with van der Waals surface area (Å²) in [7, 11) is 0. The van der Waals surface area contributed by atoms with Gasteiger partial charge in [0.1, 0.15) is 0 Å². The van der Waals surface area contributed by atoms with Gasteiger partial charge in [0.05, 0.1) is 0 Å². The first-order valence-corrected chi connectivity index (χ1v) is 27.6. The van der Waals surface area contributed by atoms with Crippen LogP contribution >= 0.6 is 0 Å². The van der Waals surface area contributed by atoms with E-state index < -0.39 is 0 Å². The van der Waals surface area contributed by atoms with Gasteiger partial charge >= 0.3 is 0 Å². The van der Waals surface area contributed by atoms with Crippen LogP contribution in [0.25, 0.3) is 173 Å². The second-order valence-electron chi connectivity index (χ2n) is 25.9. The molecule has 76 heavy (non-hydrogen) atoms. The third kappa shape index (κ3) is 5.25. The molecule has 0 saturated heterocycles. The third-order valence-electron chi connectivity index (χ3n) is 18.5. The van der Waals surface area contributed by atoms with Crippen LogP contribution in [0.2, 0.25) is 0 Å². The van der Waals surface area contributed by atoms with E-state index in [1.165, 1.54) is 190 Å². The molecule has 0 bridgehead atoms. The fourth-order valence-corrected chi connectivity index (χ4v) is 15.0. The zero-order valence-electron chi connectivity index (χ0n) is 44.7. The maximum atomic E-state index is 2.56. The lowest BCUT2D eigenvalue weighted by molar-refractivity contribution is 0.590. The molecule has 0 aromatic heterocycles. The molecule has 0 radical (unpaired) electrons. The second-order valence-corrected chi connectivity index (χ2v) is 25.9. The predicted molar refractivity (Wildman–Crippen MR) is 334 cm³/mol. The van der Waals surface area contributed by atoms with Crippen LogP contribution in [0.3, 0.4) is 0 Å². The number of rotatable bonds is 2. The highest BCUT2D eigenvalue weighted by molar-refractivity contribution is 6.52. The SMILES string of the molecule is CC(C)(C)c1cc2cc(C(C)(C)C)cc3c4c(-c5ccccc5)c5c6ccc7c8ccc9c%10c(ccc(c%11ccc(c5c(-c5ccccc5)c4c(c1)c23)c6c%117)c8%10)c1cc2cc(C(C)(C)C)cc3c4ccccc4c(c23)c19. The van der Waals surface area contributed by atoms with Gasteiger partial charge in [-0.15, -0.1) is 0 Å². The van der Waals surface area contributed by atoms with Crippen LogP contribution in [0.5, 0.6) is 0 Å². The van der Waals surface area contributed by atoms with Crippen molar-refractivity contribution in [3.05, 3.63) is 193 Å². The summed E-state index contributed by atoms with van der Waals surface area (Å²) in [5.74, 6) is 0. The van der Waals surface area contributed by atoms with Gasteiger partial charge < -0.3 is 0 Å². The van der Waals surface area contributed by atoms with E-state index in [9.17, 15) is 0 Å². The summed E-state index contributed by atoms with van der Waals surface area (Å²) in [5.41, 5.74) is 9.28. The lowest BCUT2D eigenvalue weighted by Gasteiger charge is -2.22. The molecule has 17 aromatic rings. The van der Waals surface area contributed by atoms with Crippen molar-refractivity contribution in [2.45, 2.75) is 78.6 Å². The Morgan fingerprint density at radius 2 is 0.500 bits per heavy atom. The van der Waals surface area contributed by atoms with Gasteiger partial charge in [-0.2, -0.15) is 0 Å². The quantitative estimate of drug-likeness (QED) is 0.120. The van der Waals surface area contributed by atoms with E-state index in [0.717, 1.165) is 0 Å². The Hall–Kier alpha value is -8.32. The van der Waals surface area contributed by atoms with Gasteiger partial charge in [-0.25, -0.2) is 0 Å². The summed E-state index contributed by atoms with van der Waals surface area (Å²) in [6, 6.07) is 69.4. The Bertz CT molecular complexity index is 5150. The first-order valence-electron chi connectivity index (χ1n) is 27.6. The minimum absolute atomic E-state index is 0.0286. The molecule has 0 amide bonds. The monoisotopic (exact) mass is 968 g/mol. The average molecular weight is 969 g/mol. The number of fused-ring (bicyclic) bond motifs is 15. The van der Waals surface area contributed by atoms with Crippen LogP contribution in [0.1, 0.15) is 79.0 Å². The molecule has 0 nitrogen and oxygen atoms in total. The zero-order valence-corrected chi connectivity index (χ0v) is 44.7. The molecule has 0 N–H and O–H groups in total. The number of benzene rings is 13. The van der Waals surface area contributed by atoms with Crippen LogP contribution in [-0.4, -0.2) is 0 Å². The molecule has 0 fully saturated rings. The zero-order chi connectivity index (χ0) is 51.2. The maximum absolute atomic E-state index is 2.56. The van der Waals surface area contributed by atoms with E-state index in [4.69, 9.17) is 0 Å². The Morgan fingerprint density at radius 1 is 0.197 bits per heavy atom. The molecule has 0 saturated carbocycles. The molecule has 0 unspecified atom stereocenters. The van der Waals surface area contributed by atoms with Gasteiger partial charge in [-0.1, -0.05) is 214 Å². The minimum Gasteiger partial charge on any atom is -0.0622 e. The normalized spacial score (nSPS) is 13.6. The smallest absolute Gasteiger partial charge is 0.000708 e. The number of hydrogen-bond acceptors (Lipinski definition) is 0. The molecule has 17 aromatic carbocycles. The standard InChI is InChI=1S/C76H56/c1-74(2,3)43-34-42-35-56-52-25-24-48-50-27-30-54-67-55(31-28-51(65(50)67)49-26-29-53(66(52)64(48)49)68(56)69-47-23-17-16-22-46(47)57(36-43)61(42)69)71-63(40-20-14-11-15-21-40)73-59-38-45(76(7,8)9)33-41-32-44(75(4,5)6)37-58(60(41)59)72(73)62(70(54)71)39-18-12-10-13-19-39/h10-38H,1-9H3. The maximum Gasteiger partial charge on any atom is -0.000708 e. The molecule has 360 valence electrons. The third-order valence-corrected chi connectivity index (χ3v) is 18.5. The molecular formula is C76H56. The van der Waals surface area contributed by atoms with Gasteiger partial charge in [0.15, 0.2) is 0 Å². The average Bonchev–Trinajstić information content (AvgIpc) is 4.16. The fourth-order valence-electron chi connectivity index (χ4n) is 15.0. The number of hydrogen-bond donors (Lipinski definition) is 0. The van der Waals surface area contributed by atoms with Crippen molar-refractivity contribution in [3.8, 4) is 22.3 Å². The van der Waals surface area contributed by atoms with Gasteiger partial charge in [-0.05, 0) is 230 Å². The first kappa shape index (κ1) is 43.0. The van der Waals surface area contributed by atoms with Crippen molar-refractivity contribution in [3.63, 3.8) is 0 Å². The summed E-state index contributed by atoms with van der Waals surface area (Å²) < 4.78 is 0. The molecule has 0 heterocycles. The Morgan fingerprint density at radius 3 is 0.961 bits per heavy atom. The Labute approximate surface area is 441 Å². The second kappa shape index (κ2) is 13.9. The first-order chi connectivity index (χ1) is 36.6. The van der Waals surface area contributed by atoms with Crippen LogP contribution in [0.15, 0.2) is 176 Å². The van der Waals surface area contributed by atoms with Gasteiger partial charge in [0.25, 0.3) is 0 Å². The van der Waals surface area contributed by atoms with E-state index in [-0.39, 0.29) is 16.2 Å². The summed E-state index contributed by atoms with van der Waals surface area (Å²) in [5, 5.41) is 38.2. The summed E-state index contributed by atoms with van der Waals surface area (Å²) in [6.45, 7) is 21.3. The molecule has 0 atom stereocenters. The highest BCUT2D eigenvalue weighted by Gasteiger charge is 2.32. The van der Waals surface area contributed by atoms with Crippen LogP contribution in [0, 0.1) is 0 Å². The summed E-state index contributed by atoms with van der Waals surface area (Å²) >= 11 is 0. The summed E-state index contributed by atoms with van der Waals surface area (Å²) in [6.07, 6.45) is 0. The lowest BCUT2D eigenvalue weighted by Crippen LogP contribution is -2.12. The fraction of sp³-hybridized carbons (Fsp3) is 0.158. The van der Waals surface area contributed by atoms with E-state index in [1.54, 1.807) is 0 Å². The minimum atomic E-state index is -0.0428. The van der Waals surface area contributed by atoms with E-state index in [2.05, 4.69) is 238 Å². The van der Waals surface area contributed by atoms with Crippen molar-refractivity contribution in [2.75, 3.05) is 0 Å². The van der Waals surface area contributed by atoms with Crippen molar-refractivity contribution >= 4 is 151 Å². The van der Waals surface area contributed by atoms with Gasteiger partial charge in [0.2, 0.25) is 0 Å². The van der Waals surface area contributed by atoms with E-state index in [0.29, 0.717) is 0 Å². The molecule has 0 aliphatic carbocycles. The van der Waals surface area contributed by atoms with Crippen molar-refractivity contribution in [1.29, 1.82) is 0 Å². The van der Waals surface area contributed by atoms with Crippen LogP contribution in [-0.2, 0) is 16.2 Å². The molecule has 0 aliphatic rings. The Balaban J connectivity index is 1.07. The van der Waals surface area contributed by atoms with Crippen molar-refractivity contribution in [1.82, 2.24) is 0 Å². The van der Waals surface area contributed by atoms with Crippen LogP contribution < -0.4 is 0 Å². The van der Waals surface area contributed by atoms with Crippen LogP contribution in [0.4, 0.5) is 0 Å². The van der Waals surface area contributed by atoms with Gasteiger partial charge in [-0.3, -0.25) is 0 Å². The molecule has 0 heteroatoms. The highest BCUT2D eigenvalue weighted by atomic mass is 14.3. The van der Waals surface area contributed by atoms with Crippen molar-refractivity contribution in [2.24, 2.45) is 0 Å². The molecule has 17 rings (SSSR count). The molecule has 0 spiro atoms. The van der Waals surface area contributed by atoms with E-state index >= 15 is 0 Å². The van der Waals surface area contributed by atoms with Crippen molar-refractivity contribution < 1.29 is 0 Å². The van der Waals surface area contributed by atoms with E-state index in [1.807, 2.05) is 0 Å². The summed E-state index contributed by atoms with van der Waals surface area (Å²) in [4.78, 5) is 0. The topological polar surface area (TPSA) is 0 Å². The largest absolute Gasteiger partial charge is 0.0622 e. The molecular weight excluding hydrogens is 913 g/mol. The Kier molecular flexibility index (Phi) is 7.88. The lowest BCUT2D eigenvalue weighted by atomic mass is 9.82. The highest BCUT2D eigenvalue weighted by Crippen LogP contribution is 2.59. The van der Waals surface area contributed by atoms with Gasteiger partial charge in [0, 0.05) is 0 Å². The predicted octanol–water partition coefficient (Wildman–Crippen LogP) is 22.2.